The van der Waals surface area contributed by atoms with Crippen molar-refractivity contribution in [3.8, 4) is 17.2 Å². The second kappa shape index (κ2) is 9.76. The highest BCUT2D eigenvalue weighted by Crippen LogP contribution is 2.38. The number of anilines is 1. The van der Waals surface area contributed by atoms with Gasteiger partial charge in [0.2, 0.25) is 5.91 Å². The van der Waals surface area contributed by atoms with Crippen LogP contribution in [-0.2, 0) is 9.59 Å². The van der Waals surface area contributed by atoms with E-state index < -0.39 is 23.6 Å². The Morgan fingerprint density at radius 1 is 1.06 bits per heavy atom. The molecule has 2 aromatic carbocycles. The van der Waals surface area contributed by atoms with E-state index in [0.29, 0.717) is 33.5 Å². The molecule has 0 saturated carbocycles. The second-order valence-electron chi connectivity index (χ2n) is 6.28. The fourth-order valence-electron chi connectivity index (χ4n) is 2.85. The van der Waals surface area contributed by atoms with Crippen molar-refractivity contribution in [2.24, 2.45) is 0 Å². The first kappa shape index (κ1) is 22.5. The number of methoxy groups -OCH3 is 3. The molecule has 0 spiro atoms. The molecule has 0 unspecified atom stereocenters. The SMILES string of the molecule is COc1cc(OC)c(OC)cc1/C=C1/SC(=O)N(CC(=O)Nc2cccc(Cl)c2)C1=O. The van der Waals surface area contributed by atoms with Crippen molar-refractivity contribution >= 4 is 52.2 Å². The van der Waals surface area contributed by atoms with E-state index in [2.05, 4.69) is 5.32 Å². The number of imide groups is 1. The number of carbonyl (C=O) groups excluding carboxylic acids is 3. The molecule has 162 valence electrons. The number of amides is 3. The van der Waals surface area contributed by atoms with Crippen LogP contribution in [0.15, 0.2) is 41.3 Å². The van der Waals surface area contributed by atoms with Crippen molar-refractivity contribution in [3.05, 3.63) is 51.9 Å². The van der Waals surface area contributed by atoms with Crippen LogP contribution in [0.25, 0.3) is 6.08 Å². The van der Waals surface area contributed by atoms with Crippen LogP contribution < -0.4 is 19.5 Å². The van der Waals surface area contributed by atoms with Gasteiger partial charge in [0, 0.05) is 22.3 Å². The molecular formula is C21H19ClN2O6S. The van der Waals surface area contributed by atoms with E-state index in [0.717, 1.165) is 16.7 Å². The third-order valence-corrected chi connectivity index (χ3v) is 5.45. The van der Waals surface area contributed by atoms with E-state index in [9.17, 15) is 14.4 Å². The van der Waals surface area contributed by atoms with E-state index in [4.69, 9.17) is 25.8 Å². The number of nitrogens with one attached hydrogen (secondary N) is 1. The predicted octanol–water partition coefficient (Wildman–Crippen LogP) is 4.04. The van der Waals surface area contributed by atoms with Crippen LogP contribution >= 0.6 is 23.4 Å². The number of nitrogens with zero attached hydrogens (tertiary/aromatic N) is 1. The van der Waals surface area contributed by atoms with Gasteiger partial charge in [-0.1, -0.05) is 17.7 Å². The molecule has 3 rings (SSSR count). The van der Waals surface area contributed by atoms with Crippen molar-refractivity contribution in [1.82, 2.24) is 4.90 Å². The van der Waals surface area contributed by atoms with Crippen molar-refractivity contribution < 1.29 is 28.6 Å². The number of rotatable bonds is 7. The van der Waals surface area contributed by atoms with Crippen LogP contribution in [0.4, 0.5) is 10.5 Å². The molecule has 8 nitrogen and oxygen atoms in total. The number of hydrogen-bond donors (Lipinski definition) is 1. The van der Waals surface area contributed by atoms with Crippen LogP contribution in [0.1, 0.15) is 5.56 Å². The summed E-state index contributed by atoms with van der Waals surface area (Å²) in [5, 5.41) is 2.52. The molecular weight excluding hydrogens is 444 g/mol. The van der Waals surface area contributed by atoms with Crippen molar-refractivity contribution in [1.29, 1.82) is 0 Å². The standard InChI is InChI=1S/C21H19ClN2O6S/c1-28-15-10-17(30-3)16(29-2)7-12(15)8-18-20(26)24(21(27)31-18)11-19(25)23-14-6-4-5-13(22)9-14/h4-10H,11H2,1-3H3,(H,23,25)/b18-8+. The van der Waals surface area contributed by atoms with Crippen molar-refractivity contribution in [3.63, 3.8) is 0 Å². The Morgan fingerprint density at radius 2 is 1.74 bits per heavy atom. The summed E-state index contributed by atoms with van der Waals surface area (Å²) in [7, 11) is 4.46. The van der Waals surface area contributed by atoms with Crippen LogP contribution in [0, 0.1) is 0 Å². The number of hydrogen-bond acceptors (Lipinski definition) is 7. The van der Waals surface area contributed by atoms with E-state index in [1.807, 2.05) is 0 Å². The highest BCUT2D eigenvalue weighted by Gasteiger charge is 2.36. The fraction of sp³-hybridized carbons (Fsp3) is 0.190. The van der Waals surface area contributed by atoms with Gasteiger partial charge in [0.1, 0.15) is 12.3 Å². The number of halogens is 1. The van der Waals surface area contributed by atoms with E-state index in [1.54, 1.807) is 36.4 Å². The molecule has 10 heteroatoms. The summed E-state index contributed by atoms with van der Waals surface area (Å²) >= 11 is 6.64. The Balaban J connectivity index is 1.79. The average Bonchev–Trinajstić information content (AvgIpc) is 3.00. The van der Waals surface area contributed by atoms with Gasteiger partial charge >= 0.3 is 0 Å². The first-order valence-electron chi connectivity index (χ1n) is 8.97. The Hall–Kier alpha value is -3.17. The van der Waals surface area contributed by atoms with Gasteiger partial charge in [-0.2, -0.15) is 0 Å². The van der Waals surface area contributed by atoms with Gasteiger partial charge in [-0.05, 0) is 42.1 Å². The molecule has 2 aromatic rings. The molecule has 0 aromatic heterocycles. The minimum Gasteiger partial charge on any atom is -0.496 e. The number of thioether (sulfide) groups is 1. The van der Waals surface area contributed by atoms with Gasteiger partial charge in [-0.15, -0.1) is 0 Å². The number of ether oxygens (including phenoxy) is 3. The summed E-state index contributed by atoms with van der Waals surface area (Å²) in [5.41, 5.74) is 0.990. The molecule has 0 bridgehead atoms. The molecule has 1 N–H and O–H groups in total. The number of benzene rings is 2. The highest BCUT2D eigenvalue weighted by molar-refractivity contribution is 8.18. The zero-order chi connectivity index (χ0) is 22.5. The maximum absolute atomic E-state index is 12.8. The molecule has 1 fully saturated rings. The van der Waals surface area contributed by atoms with Crippen LogP contribution in [0.2, 0.25) is 5.02 Å². The smallest absolute Gasteiger partial charge is 0.294 e. The monoisotopic (exact) mass is 462 g/mol. The molecule has 3 amide bonds. The van der Waals surface area contributed by atoms with E-state index in [1.165, 1.54) is 27.4 Å². The molecule has 1 saturated heterocycles. The molecule has 31 heavy (non-hydrogen) atoms. The summed E-state index contributed by atoms with van der Waals surface area (Å²) in [6.45, 7) is -0.419. The molecule has 0 radical (unpaired) electrons. The van der Waals surface area contributed by atoms with Gasteiger partial charge in [0.05, 0.1) is 26.2 Å². The highest BCUT2D eigenvalue weighted by atomic mass is 35.5. The molecule has 0 aliphatic carbocycles. The van der Waals surface area contributed by atoms with Crippen LogP contribution in [-0.4, -0.2) is 49.8 Å². The van der Waals surface area contributed by atoms with Gasteiger partial charge in [0.25, 0.3) is 11.1 Å². The lowest BCUT2D eigenvalue weighted by Crippen LogP contribution is -2.36. The third-order valence-electron chi connectivity index (χ3n) is 4.31. The van der Waals surface area contributed by atoms with Gasteiger partial charge in [-0.3, -0.25) is 19.3 Å². The third kappa shape index (κ3) is 5.12. The van der Waals surface area contributed by atoms with Crippen molar-refractivity contribution in [2.45, 2.75) is 0 Å². The Bertz CT molecular complexity index is 1070. The van der Waals surface area contributed by atoms with Crippen LogP contribution in [0.5, 0.6) is 17.2 Å². The lowest BCUT2D eigenvalue weighted by molar-refractivity contribution is -0.127. The maximum Gasteiger partial charge on any atom is 0.294 e. The van der Waals surface area contributed by atoms with Crippen molar-refractivity contribution in [2.75, 3.05) is 33.2 Å². The lowest BCUT2D eigenvalue weighted by atomic mass is 10.1. The van der Waals surface area contributed by atoms with Gasteiger partial charge < -0.3 is 19.5 Å². The first-order chi connectivity index (χ1) is 14.9. The second-order valence-corrected chi connectivity index (χ2v) is 7.71. The predicted molar refractivity (Wildman–Crippen MR) is 119 cm³/mol. The van der Waals surface area contributed by atoms with Gasteiger partial charge in [0.15, 0.2) is 11.5 Å². The molecule has 1 aliphatic rings. The summed E-state index contributed by atoms with van der Waals surface area (Å²) in [6.07, 6.45) is 1.51. The van der Waals surface area contributed by atoms with Gasteiger partial charge in [-0.25, -0.2) is 0 Å². The normalized spacial score (nSPS) is 14.7. The number of carbonyl (C=O) groups is 3. The Kier molecular flexibility index (Phi) is 7.09. The minimum absolute atomic E-state index is 0.158. The summed E-state index contributed by atoms with van der Waals surface area (Å²) in [4.78, 5) is 38.5. The molecule has 1 aliphatic heterocycles. The van der Waals surface area contributed by atoms with E-state index in [-0.39, 0.29) is 4.91 Å². The molecule has 0 atom stereocenters. The topological polar surface area (TPSA) is 94.2 Å². The lowest BCUT2D eigenvalue weighted by Gasteiger charge is -2.13. The Morgan fingerprint density at radius 3 is 2.39 bits per heavy atom. The quantitative estimate of drug-likeness (QED) is 0.620. The average molecular weight is 463 g/mol. The summed E-state index contributed by atoms with van der Waals surface area (Å²) in [5.74, 6) is 0.239. The molecule has 1 heterocycles. The summed E-state index contributed by atoms with van der Waals surface area (Å²) in [6, 6.07) is 9.82. The zero-order valence-electron chi connectivity index (χ0n) is 16.9. The zero-order valence-corrected chi connectivity index (χ0v) is 18.5. The summed E-state index contributed by atoms with van der Waals surface area (Å²) < 4.78 is 15.9. The van der Waals surface area contributed by atoms with Crippen LogP contribution in [0.3, 0.4) is 0 Å². The fourth-order valence-corrected chi connectivity index (χ4v) is 3.87. The maximum atomic E-state index is 12.8. The first-order valence-corrected chi connectivity index (χ1v) is 10.2. The van der Waals surface area contributed by atoms with E-state index >= 15 is 0 Å². The largest absolute Gasteiger partial charge is 0.496 e. The Labute approximate surface area is 188 Å². The minimum atomic E-state index is -0.576.